The number of hydrogen-bond acceptors (Lipinski definition) is 2. The van der Waals surface area contributed by atoms with Gasteiger partial charge in [-0.15, -0.1) is 12.4 Å². The zero-order valence-electron chi connectivity index (χ0n) is 7.40. The van der Waals surface area contributed by atoms with Gasteiger partial charge in [-0.2, -0.15) is 13.2 Å². The van der Waals surface area contributed by atoms with Crippen LogP contribution in [0.1, 0.15) is 6.92 Å². The molecule has 0 saturated carbocycles. The number of hydrogen-bond donors (Lipinski definition) is 1. The molecule has 80 valence electrons. The number of alkyl halides is 3. The second kappa shape index (κ2) is 5.02. The molecule has 0 aromatic carbocycles. The first-order valence-corrected chi connectivity index (χ1v) is 4.00. The minimum Gasteiger partial charge on any atom is -0.314 e. The second-order valence-electron chi connectivity index (χ2n) is 3.14. The van der Waals surface area contributed by atoms with Gasteiger partial charge in [0.1, 0.15) is 0 Å². The fourth-order valence-electron chi connectivity index (χ4n) is 1.35. The normalized spacial score (nSPS) is 25.4. The maximum atomic E-state index is 12.0. The van der Waals surface area contributed by atoms with E-state index >= 15 is 0 Å². The standard InChI is InChI=1S/C7H13F3N2.ClH/c1-6-4-11-2-3-12(6)5-7(8,9)10;/h6,11H,2-5H2,1H3;1H. The molecule has 0 bridgehead atoms. The highest BCUT2D eigenvalue weighted by molar-refractivity contribution is 5.85. The first-order chi connectivity index (χ1) is 5.49. The summed E-state index contributed by atoms with van der Waals surface area (Å²) >= 11 is 0. The Hall–Kier alpha value is -0.0000000000000000555. The van der Waals surface area contributed by atoms with E-state index < -0.39 is 12.7 Å². The van der Waals surface area contributed by atoms with Crippen LogP contribution in [0.25, 0.3) is 0 Å². The molecule has 1 fully saturated rings. The molecular formula is C7H14ClF3N2. The fourth-order valence-corrected chi connectivity index (χ4v) is 1.35. The van der Waals surface area contributed by atoms with Crippen LogP contribution in [0.5, 0.6) is 0 Å². The van der Waals surface area contributed by atoms with E-state index in [9.17, 15) is 13.2 Å². The van der Waals surface area contributed by atoms with E-state index in [1.54, 1.807) is 6.92 Å². The molecule has 1 unspecified atom stereocenters. The Balaban J connectivity index is 0.00000144. The van der Waals surface area contributed by atoms with Crippen molar-refractivity contribution in [3.8, 4) is 0 Å². The summed E-state index contributed by atoms with van der Waals surface area (Å²) in [7, 11) is 0. The van der Waals surface area contributed by atoms with Crippen LogP contribution in [-0.4, -0.2) is 43.3 Å². The van der Waals surface area contributed by atoms with Crippen molar-refractivity contribution in [3.63, 3.8) is 0 Å². The van der Waals surface area contributed by atoms with Crippen LogP contribution < -0.4 is 5.32 Å². The third kappa shape index (κ3) is 4.69. The van der Waals surface area contributed by atoms with Crippen LogP contribution in [0.15, 0.2) is 0 Å². The van der Waals surface area contributed by atoms with E-state index in [1.807, 2.05) is 0 Å². The smallest absolute Gasteiger partial charge is 0.314 e. The number of nitrogens with one attached hydrogen (secondary N) is 1. The van der Waals surface area contributed by atoms with Crippen molar-refractivity contribution in [2.75, 3.05) is 26.2 Å². The van der Waals surface area contributed by atoms with E-state index in [0.717, 1.165) is 0 Å². The summed E-state index contributed by atoms with van der Waals surface area (Å²) in [5, 5.41) is 3.04. The van der Waals surface area contributed by atoms with Crippen LogP contribution in [0, 0.1) is 0 Å². The molecule has 1 saturated heterocycles. The summed E-state index contributed by atoms with van der Waals surface area (Å²) in [6.07, 6.45) is -4.06. The van der Waals surface area contributed by atoms with Gasteiger partial charge in [-0.25, -0.2) is 0 Å². The number of halogens is 4. The van der Waals surface area contributed by atoms with Gasteiger partial charge in [-0.1, -0.05) is 0 Å². The quantitative estimate of drug-likeness (QED) is 0.713. The van der Waals surface area contributed by atoms with E-state index in [2.05, 4.69) is 5.32 Å². The van der Waals surface area contributed by atoms with Gasteiger partial charge in [-0.05, 0) is 6.92 Å². The van der Waals surface area contributed by atoms with Gasteiger partial charge < -0.3 is 5.32 Å². The summed E-state index contributed by atoms with van der Waals surface area (Å²) < 4.78 is 35.9. The number of nitrogens with zero attached hydrogens (tertiary/aromatic N) is 1. The first-order valence-electron chi connectivity index (χ1n) is 4.00. The highest BCUT2D eigenvalue weighted by Crippen LogP contribution is 2.18. The number of piperazine rings is 1. The van der Waals surface area contributed by atoms with Gasteiger partial charge in [0.15, 0.2) is 0 Å². The van der Waals surface area contributed by atoms with Crippen molar-refractivity contribution in [2.24, 2.45) is 0 Å². The lowest BCUT2D eigenvalue weighted by Gasteiger charge is -2.34. The highest BCUT2D eigenvalue weighted by atomic mass is 35.5. The molecule has 1 atom stereocenters. The van der Waals surface area contributed by atoms with Crippen LogP contribution in [-0.2, 0) is 0 Å². The maximum Gasteiger partial charge on any atom is 0.401 e. The lowest BCUT2D eigenvalue weighted by molar-refractivity contribution is -0.151. The van der Waals surface area contributed by atoms with Gasteiger partial charge in [-0.3, -0.25) is 4.90 Å². The lowest BCUT2D eigenvalue weighted by Crippen LogP contribution is -2.52. The lowest BCUT2D eigenvalue weighted by atomic mass is 10.2. The summed E-state index contributed by atoms with van der Waals surface area (Å²) in [6, 6.07) is -0.0135. The van der Waals surface area contributed by atoms with Crippen molar-refractivity contribution in [1.82, 2.24) is 10.2 Å². The molecule has 1 aliphatic heterocycles. The van der Waals surface area contributed by atoms with Crippen LogP contribution >= 0.6 is 12.4 Å². The van der Waals surface area contributed by atoms with Crippen molar-refractivity contribution >= 4 is 12.4 Å². The van der Waals surface area contributed by atoms with Crippen LogP contribution in [0.3, 0.4) is 0 Å². The summed E-state index contributed by atoms with van der Waals surface area (Å²) in [5.41, 5.74) is 0. The first kappa shape index (κ1) is 13.0. The zero-order valence-corrected chi connectivity index (χ0v) is 8.21. The molecular weight excluding hydrogens is 205 g/mol. The van der Waals surface area contributed by atoms with Gasteiger partial charge in [0, 0.05) is 25.7 Å². The molecule has 0 aromatic rings. The third-order valence-electron chi connectivity index (χ3n) is 2.02. The van der Waals surface area contributed by atoms with Crippen molar-refractivity contribution < 1.29 is 13.2 Å². The summed E-state index contributed by atoms with van der Waals surface area (Å²) in [6.45, 7) is 2.81. The van der Waals surface area contributed by atoms with Gasteiger partial charge in [0.25, 0.3) is 0 Å². The molecule has 1 rings (SSSR count). The van der Waals surface area contributed by atoms with Crippen LogP contribution in [0.2, 0.25) is 0 Å². The molecule has 1 aliphatic rings. The zero-order chi connectivity index (χ0) is 9.19. The Kier molecular flexibility index (Phi) is 5.02. The van der Waals surface area contributed by atoms with Crippen molar-refractivity contribution in [3.05, 3.63) is 0 Å². The van der Waals surface area contributed by atoms with Crippen molar-refractivity contribution in [2.45, 2.75) is 19.1 Å². The Labute approximate surface area is 81.9 Å². The molecule has 1 N–H and O–H groups in total. The molecule has 1 heterocycles. The molecule has 0 aliphatic carbocycles. The molecule has 6 heteroatoms. The van der Waals surface area contributed by atoms with E-state index in [0.29, 0.717) is 19.6 Å². The minimum atomic E-state index is -4.06. The van der Waals surface area contributed by atoms with Gasteiger partial charge in [0.05, 0.1) is 6.54 Å². The fraction of sp³-hybridized carbons (Fsp3) is 1.00. The van der Waals surface area contributed by atoms with Gasteiger partial charge >= 0.3 is 6.18 Å². The summed E-state index contributed by atoms with van der Waals surface area (Å²) in [4.78, 5) is 1.45. The predicted molar refractivity (Wildman–Crippen MR) is 47.2 cm³/mol. The summed E-state index contributed by atoms with van der Waals surface area (Å²) in [5.74, 6) is 0. The Morgan fingerprint density at radius 3 is 2.54 bits per heavy atom. The van der Waals surface area contributed by atoms with E-state index in [1.165, 1.54) is 4.90 Å². The highest BCUT2D eigenvalue weighted by Gasteiger charge is 2.33. The average Bonchev–Trinajstić information content (AvgIpc) is 1.91. The molecule has 0 aromatic heterocycles. The SMILES string of the molecule is CC1CNCCN1CC(F)(F)F.Cl. The Bertz CT molecular complexity index is 151. The predicted octanol–water partition coefficient (Wildman–Crippen LogP) is 1.26. The van der Waals surface area contributed by atoms with E-state index in [4.69, 9.17) is 0 Å². The van der Waals surface area contributed by atoms with Crippen LogP contribution in [0.4, 0.5) is 13.2 Å². The molecule has 0 radical (unpaired) electrons. The second-order valence-corrected chi connectivity index (χ2v) is 3.14. The largest absolute Gasteiger partial charge is 0.401 e. The average molecular weight is 219 g/mol. The Morgan fingerprint density at radius 1 is 1.46 bits per heavy atom. The minimum absolute atomic E-state index is 0. The molecule has 2 nitrogen and oxygen atoms in total. The maximum absolute atomic E-state index is 12.0. The Morgan fingerprint density at radius 2 is 2.08 bits per heavy atom. The molecule has 13 heavy (non-hydrogen) atoms. The number of rotatable bonds is 1. The van der Waals surface area contributed by atoms with Gasteiger partial charge in [0.2, 0.25) is 0 Å². The van der Waals surface area contributed by atoms with Crippen molar-refractivity contribution in [1.29, 1.82) is 0 Å². The van der Waals surface area contributed by atoms with E-state index in [-0.39, 0.29) is 18.4 Å². The molecule has 0 spiro atoms. The third-order valence-corrected chi connectivity index (χ3v) is 2.02. The topological polar surface area (TPSA) is 15.3 Å². The molecule has 0 amide bonds. The monoisotopic (exact) mass is 218 g/mol.